The first kappa shape index (κ1) is 22.7. The van der Waals surface area contributed by atoms with Crippen LogP contribution in [0.4, 0.5) is 0 Å². The van der Waals surface area contributed by atoms with Gasteiger partial charge in [-0.05, 0) is 43.4 Å². The summed E-state index contributed by atoms with van der Waals surface area (Å²) in [6.45, 7) is 10.9. The molecule has 1 N–H and O–H groups in total. The highest BCUT2D eigenvalue weighted by Crippen LogP contribution is 2.36. The molecule has 1 aromatic rings. The molecule has 6 nitrogen and oxygen atoms in total. The third-order valence-electron chi connectivity index (χ3n) is 6.14. The van der Waals surface area contributed by atoms with Crippen molar-refractivity contribution in [1.29, 1.82) is 0 Å². The summed E-state index contributed by atoms with van der Waals surface area (Å²) in [5.41, 5.74) is 1.07. The number of hydrogen-bond donors (Lipinski definition) is 1. The molecule has 0 amide bonds. The van der Waals surface area contributed by atoms with E-state index in [1.807, 2.05) is 24.3 Å². The van der Waals surface area contributed by atoms with E-state index in [0.717, 1.165) is 11.3 Å². The van der Waals surface area contributed by atoms with Crippen molar-refractivity contribution in [3.8, 4) is 5.75 Å². The van der Waals surface area contributed by atoms with Gasteiger partial charge in [-0.3, -0.25) is 4.79 Å². The summed E-state index contributed by atoms with van der Waals surface area (Å²) < 4.78 is 23.3. The zero-order chi connectivity index (χ0) is 20.8. The summed E-state index contributed by atoms with van der Waals surface area (Å²) in [7, 11) is 1.64. The highest BCUT2D eigenvalue weighted by molar-refractivity contribution is 5.70. The molecule has 1 aliphatic rings. The van der Waals surface area contributed by atoms with Crippen LogP contribution in [0.25, 0.3) is 0 Å². The van der Waals surface area contributed by atoms with Crippen LogP contribution in [0, 0.1) is 23.7 Å². The topological polar surface area (TPSA) is 74.2 Å². The van der Waals surface area contributed by atoms with E-state index in [9.17, 15) is 9.90 Å². The summed E-state index contributed by atoms with van der Waals surface area (Å²) >= 11 is 0. The Morgan fingerprint density at radius 1 is 1.11 bits per heavy atom. The molecule has 3 unspecified atom stereocenters. The third kappa shape index (κ3) is 5.69. The fourth-order valence-corrected chi connectivity index (χ4v) is 3.38. The van der Waals surface area contributed by atoms with Crippen molar-refractivity contribution >= 4 is 5.97 Å². The molecule has 2 rings (SSSR count). The van der Waals surface area contributed by atoms with Gasteiger partial charge in [0.05, 0.1) is 38.4 Å². The van der Waals surface area contributed by atoms with Gasteiger partial charge in [-0.1, -0.05) is 32.9 Å². The Labute approximate surface area is 168 Å². The highest BCUT2D eigenvalue weighted by atomic mass is 16.7. The fraction of sp³-hybridized carbons (Fsp3) is 0.682. The predicted molar refractivity (Wildman–Crippen MR) is 106 cm³/mol. The molecule has 0 aliphatic carbocycles. The Balaban J connectivity index is 1.92. The highest BCUT2D eigenvalue weighted by Gasteiger charge is 2.41. The first-order valence-corrected chi connectivity index (χ1v) is 9.99. The standard InChI is InChI=1S/C22H34O6/c1-13-14(2)20(12-26-11-18-7-9-19(25-6)10-8-18)28-22(15(13)3)27-17(5)16(4)21(23)24/h7-10,13-17,20,22H,11-12H2,1-6H3,(H,23,24)/t13-,14+,15?,16-,17?,20?,22+/m0/s1. The molecule has 158 valence electrons. The van der Waals surface area contributed by atoms with Gasteiger partial charge in [-0.2, -0.15) is 0 Å². The lowest BCUT2D eigenvalue weighted by Gasteiger charge is -2.44. The fourth-order valence-electron chi connectivity index (χ4n) is 3.38. The van der Waals surface area contributed by atoms with Gasteiger partial charge in [0.2, 0.25) is 0 Å². The number of carbonyl (C=O) groups is 1. The average Bonchev–Trinajstić information content (AvgIpc) is 2.69. The molecule has 6 heteroatoms. The van der Waals surface area contributed by atoms with Crippen LogP contribution in [0.3, 0.4) is 0 Å². The van der Waals surface area contributed by atoms with E-state index < -0.39 is 24.3 Å². The van der Waals surface area contributed by atoms with E-state index in [0.29, 0.717) is 25.0 Å². The van der Waals surface area contributed by atoms with Crippen LogP contribution in [-0.2, 0) is 25.6 Å². The Morgan fingerprint density at radius 3 is 2.32 bits per heavy atom. The second-order valence-corrected chi connectivity index (χ2v) is 7.95. The second kappa shape index (κ2) is 10.2. The van der Waals surface area contributed by atoms with Crippen LogP contribution < -0.4 is 4.74 Å². The minimum Gasteiger partial charge on any atom is -0.497 e. The number of aliphatic carboxylic acids is 1. The van der Waals surface area contributed by atoms with Crippen molar-refractivity contribution in [1.82, 2.24) is 0 Å². The van der Waals surface area contributed by atoms with Gasteiger partial charge in [0.1, 0.15) is 5.75 Å². The minimum atomic E-state index is -0.864. The molecule has 0 saturated carbocycles. The van der Waals surface area contributed by atoms with Gasteiger partial charge >= 0.3 is 5.97 Å². The van der Waals surface area contributed by atoms with Gasteiger partial charge in [-0.15, -0.1) is 0 Å². The second-order valence-electron chi connectivity index (χ2n) is 7.95. The lowest BCUT2D eigenvalue weighted by atomic mass is 9.79. The summed E-state index contributed by atoms with van der Waals surface area (Å²) in [5, 5.41) is 9.20. The van der Waals surface area contributed by atoms with Crippen LogP contribution in [0.2, 0.25) is 0 Å². The molecule has 0 radical (unpaired) electrons. The number of ether oxygens (including phenoxy) is 4. The van der Waals surface area contributed by atoms with Gasteiger partial charge < -0.3 is 24.1 Å². The van der Waals surface area contributed by atoms with Crippen molar-refractivity contribution < 1.29 is 28.8 Å². The van der Waals surface area contributed by atoms with E-state index in [-0.39, 0.29) is 12.0 Å². The Hall–Kier alpha value is -1.63. The molecule has 1 heterocycles. The molecular weight excluding hydrogens is 360 g/mol. The van der Waals surface area contributed by atoms with Gasteiger partial charge in [0, 0.05) is 5.92 Å². The SMILES string of the molecule is COc1ccc(COCC2O[C@@H](OC(C)[C@H](C)C(=O)O)C(C)[C@@H](C)[C@H]2C)cc1. The summed E-state index contributed by atoms with van der Waals surface area (Å²) in [6.07, 6.45) is -0.953. The van der Waals surface area contributed by atoms with Crippen molar-refractivity contribution in [3.05, 3.63) is 29.8 Å². The van der Waals surface area contributed by atoms with E-state index in [1.165, 1.54) is 0 Å². The quantitative estimate of drug-likeness (QED) is 0.683. The Kier molecular flexibility index (Phi) is 8.28. The smallest absolute Gasteiger partial charge is 0.308 e. The maximum Gasteiger partial charge on any atom is 0.308 e. The Bertz CT molecular complexity index is 616. The van der Waals surface area contributed by atoms with Crippen LogP contribution in [0.1, 0.15) is 40.2 Å². The monoisotopic (exact) mass is 394 g/mol. The molecule has 28 heavy (non-hydrogen) atoms. The average molecular weight is 395 g/mol. The van der Waals surface area contributed by atoms with Crippen LogP contribution in [-0.4, -0.2) is 43.3 Å². The zero-order valence-electron chi connectivity index (χ0n) is 17.8. The molecule has 0 bridgehead atoms. The Morgan fingerprint density at radius 2 is 1.75 bits per heavy atom. The van der Waals surface area contributed by atoms with E-state index in [4.69, 9.17) is 18.9 Å². The molecule has 1 fully saturated rings. The van der Waals surface area contributed by atoms with Gasteiger partial charge in [-0.25, -0.2) is 0 Å². The molecule has 7 atom stereocenters. The first-order valence-electron chi connectivity index (χ1n) is 9.99. The number of methoxy groups -OCH3 is 1. The predicted octanol–water partition coefficient (Wildman–Crippen LogP) is 3.97. The van der Waals surface area contributed by atoms with E-state index in [1.54, 1.807) is 21.0 Å². The summed E-state index contributed by atoms with van der Waals surface area (Å²) in [5.74, 6) is 0.238. The normalized spacial score (nSPS) is 29.9. The van der Waals surface area contributed by atoms with Crippen LogP contribution in [0.15, 0.2) is 24.3 Å². The van der Waals surface area contributed by atoms with Crippen molar-refractivity contribution in [2.75, 3.05) is 13.7 Å². The minimum absolute atomic E-state index is 0.0956. The maximum atomic E-state index is 11.2. The number of benzene rings is 1. The molecule has 1 aromatic carbocycles. The molecular formula is C22H34O6. The van der Waals surface area contributed by atoms with Crippen molar-refractivity contribution in [2.45, 2.75) is 59.7 Å². The number of rotatable bonds is 9. The molecule has 1 aliphatic heterocycles. The number of carboxylic acids is 1. The van der Waals surface area contributed by atoms with Crippen LogP contribution in [0.5, 0.6) is 5.75 Å². The number of hydrogen-bond acceptors (Lipinski definition) is 5. The largest absolute Gasteiger partial charge is 0.497 e. The van der Waals surface area contributed by atoms with Crippen LogP contribution >= 0.6 is 0 Å². The number of carboxylic acid groups (broad SMARTS) is 1. The van der Waals surface area contributed by atoms with Gasteiger partial charge in [0.25, 0.3) is 0 Å². The van der Waals surface area contributed by atoms with Crippen molar-refractivity contribution in [3.63, 3.8) is 0 Å². The van der Waals surface area contributed by atoms with Crippen molar-refractivity contribution in [2.24, 2.45) is 23.7 Å². The molecule has 0 spiro atoms. The molecule has 1 saturated heterocycles. The third-order valence-corrected chi connectivity index (χ3v) is 6.14. The maximum absolute atomic E-state index is 11.2. The lowest BCUT2D eigenvalue weighted by Crippen LogP contribution is -2.49. The lowest BCUT2D eigenvalue weighted by molar-refractivity contribution is -0.274. The van der Waals surface area contributed by atoms with E-state index >= 15 is 0 Å². The van der Waals surface area contributed by atoms with E-state index in [2.05, 4.69) is 20.8 Å². The van der Waals surface area contributed by atoms with Gasteiger partial charge in [0.15, 0.2) is 6.29 Å². The summed E-state index contributed by atoms with van der Waals surface area (Å²) in [4.78, 5) is 11.2. The zero-order valence-corrected chi connectivity index (χ0v) is 17.8. The molecule has 0 aromatic heterocycles. The summed E-state index contributed by atoms with van der Waals surface area (Å²) in [6, 6.07) is 7.79. The first-order chi connectivity index (χ1) is 13.2.